The number of benzene rings is 1. The van der Waals surface area contributed by atoms with Crippen LogP contribution in [-0.2, 0) is 20.7 Å². The molecule has 0 radical (unpaired) electrons. The molecule has 2 aromatic rings. The zero-order chi connectivity index (χ0) is 18.9. The predicted molar refractivity (Wildman–Crippen MR) is 88.1 cm³/mol. The molecule has 0 saturated heterocycles. The van der Waals surface area contributed by atoms with Gasteiger partial charge in [0, 0.05) is 32.6 Å². The van der Waals surface area contributed by atoms with Gasteiger partial charge in [0.25, 0.3) is 0 Å². The molecular weight excluding hydrogens is 348 g/mol. The number of aryl methyl sites for hydroxylation is 1. The third-order valence-corrected chi connectivity index (χ3v) is 3.39. The van der Waals surface area contributed by atoms with Gasteiger partial charge in [0.15, 0.2) is 11.7 Å². The summed E-state index contributed by atoms with van der Waals surface area (Å²) in [6.45, 7) is 0.616. The second-order valence-electron chi connectivity index (χ2n) is 5.36. The van der Waals surface area contributed by atoms with Crippen LogP contribution in [0.25, 0.3) is 11.3 Å². The number of hydrogen-bond donors (Lipinski definition) is 2. The lowest BCUT2D eigenvalue weighted by Gasteiger charge is -2.06. The number of methoxy groups -OCH3 is 1. The first-order valence-electron chi connectivity index (χ1n) is 7.92. The Morgan fingerprint density at radius 2 is 2.04 bits per heavy atom. The van der Waals surface area contributed by atoms with Crippen LogP contribution in [0.3, 0.4) is 0 Å². The van der Waals surface area contributed by atoms with E-state index in [2.05, 4.69) is 15.6 Å². The molecule has 0 saturated carbocycles. The molecule has 140 valence electrons. The van der Waals surface area contributed by atoms with Crippen LogP contribution in [0.4, 0.5) is 8.78 Å². The molecule has 1 aromatic heterocycles. The molecule has 0 fully saturated rings. The van der Waals surface area contributed by atoms with Gasteiger partial charge in [-0.05, 0) is 12.1 Å². The average molecular weight is 367 g/mol. The lowest BCUT2D eigenvalue weighted by molar-refractivity contribution is -0.126. The molecular formula is C17H19F2N3O4. The number of hydrogen-bond acceptors (Lipinski definition) is 5. The molecule has 0 aliphatic rings. The molecule has 2 rings (SSSR count). The van der Waals surface area contributed by atoms with Crippen LogP contribution in [0.1, 0.15) is 12.3 Å². The maximum absolute atomic E-state index is 13.7. The third kappa shape index (κ3) is 5.92. The molecule has 1 heterocycles. The predicted octanol–water partition coefficient (Wildman–Crippen LogP) is 1.43. The van der Waals surface area contributed by atoms with Crippen LogP contribution in [0.2, 0.25) is 0 Å². The summed E-state index contributed by atoms with van der Waals surface area (Å²) in [5.74, 6) is -1.72. The summed E-state index contributed by atoms with van der Waals surface area (Å²) < 4.78 is 36.8. The first kappa shape index (κ1) is 19.5. The van der Waals surface area contributed by atoms with Crippen LogP contribution in [0.15, 0.2) is 28.8 Å². The van der Waals surface area contributed by atoms with Crippen molar-refractivity contribution in [2.45, 2.75) is 12.8 Å². The van der Waals surface area contributed by atoms with Gasteiger partial charge in [-0.2, -0.15) is 0 Å². The highest BCUT2D eigenvalue weighted by molar-refractivity contribution is 5.84. The number of amides is 2. The first-order valence-corrected chi connectivity index (χ1v) is 7.92. The fourth-order valence-electron chi connectivity index (χ4n) is 2.08. The normalized spacial score (nSPS) is 10.6. The Balaban J connectivity index is 1.78. The Kier molecular flexibility index (Phi) is 7.22. The lowest BCUT2D eigenvalue weighted by atomic mass is 10.2. The third-order valence-electron chi connectivity index (χ3n) is 3.39. The Hall–Kier alpha value is -2.81. The van der Waals surface area contributed by atoms with Gasteiger partial charge in [-0.1, -0.05) is 0 Å². The number of halogens is 2. The minimum absolute atomic E-state index is 0.0528. The number of rotatable bonds is 9. The number of carbonyl (C=O) groups excluding carboxylic acids is 2. The summed E-state index contributed by atoms with van der Waals surface area (Å²) in [7, 11) is 1.52. The molecule has 0 aliphatic heterocycles. The molecule has 0 bridgehead atoms. The Morgan fingerprint density at radius 1 is 1.23 bits per heavy atom. The molecule has 26 heavy (non-hydrogen) atoms. The SMILES string of the molecule is COCCNC(=O)CNC(=O)CCc1ncc(-c2ccc(F)cc2F)o1. The fraction of sp³-hybridized carbons (Fsp3) is 0.353. The van der Waals surface area contributed by atoms with Crippen molar-refractivity contribution in [3.63, 3.8) is 0 Å². The number of nitrogens with one attached hydrogen (secondary N) is 2. The topological polar surface area (TPSA) is 93.5 Å². The van der Waals surface area contributed by atoms with Crippen molar-refractivity contribution >= 4 is 11.8 Å². The van der Waals surface area contributed by atoms with Gasteiger partial charge in [0.05, 0.1) is 24.9 Å². The minimum atomic E-state index is -0.759. The number of oxazole rings is 1. The van der Waals surface area contributed by atoms with Gasteiger partial charge in [-0.3, -0.25) is 9.59 Å². The fourth-order valence-corrected chi connectivity index (χ4v) is 2.08. The van der Waals surface area contributed by atoms with Crippen molar-refractivity contribution in [2.75, 3.05) is 26.8 Å². The average Bonchev–Trinajstić information content (AvgIpc) is 3.07. The van der Waals surface area contributed by atoms with E-state index in [-0.39, 0.29) is 48.4 Å². The standard InChI is InChI=1S/C17H19F2N3O4/c1-25-7-6-20-16(24)10-21-15(23)4-5-17-22-9-14(26-17)12-3-2-11(18)8-13(12)19/h2-3,8-9H,4-7,10H2,1H3,(H,20,24)(H,21,23). The Bertz CT molecular complexity index is 764. The van der Waals surface area contributed by atoms with Crippen LogP contribution in [0.5, 0.6) is 0 Å². The van der Waals surface area contributed by atoms with Crippen molar-refractivity contribution in [1.29, 1.82) is 0 Å². The molecule has 7 nitrogen and oxygen atoms in total. The minimum Gasteiger partial charge on any atom is -0.441 e. The second-order valence-corrected chi connectivity index (χ2v) is 5.36. The summed E-state index contributed by atoms with van der Waals surface area (Å²) in [4.78, 5) is 27.1. The van der Waals surface area contributed by atoms with Crippen LogP contribution in [-0.4, -0.2) is 43.6 Å². The molecule has 2 amide bonds. The monoisotopic (exact) mass is 367 g/mol. The Labute approximate surface area is 148 Å². The smallest absolute Gasteiger partial charge is 0.239 e. The summed E-state index contributed by atoms with van der Waals surface area (Å²) in [5.41, 5.74) is 0.0855. The molecule has 2 N–H and O–H groups in total. The lowest BCUT2D eigenvalue weighted by Crippen LogP contribution is -2.38. The zero-order valence-corrected chi connectivity index (χ0v) is 14.2. The maximum atomic E-state index is 13.7. The van der Waals surface area contributed by atoms with Crippen LogP contribution in [0, 0.1) is 11.6 Å². The molecule has 1 aromatic carbocycles. The maximum Gasteiger partial charge on any atom is 0.239 e. The molecule has 0 aliphatic carbocycles. The van der Waals surface area contributed by atoms with E-state index >= 15 is 0 Å². The quantitative estimate of drug-likeness (QED) is 0.654. The molecule has 0 unspecified atom stereocenters. The highest BCUT2D eigenvalue weighted by Gasteiger charge is 2.13. The van der Waals surface area contributed by atoms with E-state index in [9.17, 15) is 18.4 Å². The first-order chi connectivity index (χ1) is 12.5. The molecule has 0 spiro atoms. The van der Waals surface area contributed by atoms with E-state index in [1.807, 2.05) is 0 Å². The summed E-state index contributed by atoms with van der Waals surface area (Å²) in [6.07, 6.45) is 1.55. The van der Waals surface area contributed by atoms with Crippen molar-refractivity contribution in [3.8, 4) is 11.3 Å². The number of ether oxygens (including phenoxy) is 1. The van der Waals surface area contributed by atoms with Crippen LogP contribution >= 0.6 is 0 Å². The van der Waals surface area contributed by atoms with Gasteiger partial charge in [-0.25, -0.2) is 13.8 Å². The van der Waals surface area contributed by atoms with Crippen molar-refractivity contribution in [3.05, 3.63) is 41.9 Å². The van der Waals surface area contributed by atoms with E-state index in [0.29, 0.717) is 13.2 Å². The summed E-state index contributed by atoms with van der Waals surface area (Å²) in [6, 6.07) is 3.12. The summed E-state index contributed by atoms with van der Waals surface area (Å²) >= 11 is 0. The highest BCUT2D eigenvalue weighted by atomic mass is 19.1. The van der Waals surface area contributed by atoms with Gasteiger partial charge in [-0.15, -0.1) is 0 Å². The van der Waals surface area contributed by atoms with Crippen molar-refractivity contribution in [1.82, 2.24) is 15.6 Å². The van der Waals surface area contributed by atoms with Gasteiger partial charge in [0.1, 0.15) is 11.6 Å². The molecule has 9 heteroatoms. The number of aromatic nitrogens is 1. The van der Waals surface area contributed by atoms with E-state index in [1.165, 1.54) is 19.4 Å². The van der Waals surface area contributed by atoms with Gasteiger partial charge >= 0.3 is 0 Å². The van der Waals surface area contributed by atoms with E-state index in [0.717, 1.165) is 12.1 Å². The zero-order valence-electron chi connectivity index (χ0n) is 14.2. The van der Waals surface area contributed by atoms with Gasteiger partial charge in [0.2, 0.25) is 11.8 Å². The number of nitrogens with zero attached hydrogens (tertiary/aromatic N) is 1. The molecule has 0 atom stereocenters. The highest BCUT2D eigenvalue weighted by Crippen LogP contribution is 2.24. The van der Waals surface area contributed by atoms with E-state index in [1.54, 1.807) is 0 Å². The van der Waals surface area contributed by atoms with E-state index in [4.69, 9.17) is 9.15 Å². The van der Waals surface area contributed by atoms with Crippen LogP contribution < -0.4 is 10.6 Å². The summed E-state index contributed by atoms with van der Waals surface area (Å²) in [5, 5.41) is 5.04. The van der Waals surface area contributed by atoms with Crippen molar-refractivity contribution < 1.29 is 27.5 Å². The largest absolute Gasteiger partial charge is 0.441 e. The number of carbonyl (C=O) groups is 2. The van der Waals surface area contributed by atoms with Gasteiger partial charge < -0.3 is 19.8 Å². The van der Waals surface area contributed by atoms with E-state index < -0.39 is 11.6 Å². The Morgan fingerprint density at radius 3 is 2.77 bits per heavy atom. The second kappa shape index (κ2) is 9.62. The van der Waals surface area contributed by atoms with Crippen molar-refractivity contribution in [2.24, 2.45) is 0 Å².